The smallest absolute Gasteiger partial charge is 0.139 e. The molecule has 1 saturated heterocycles. The van der Waals surface area contributed by atoms with Crippen molar-refractivity contribution >= 4 is 5.69 Å². The normalized spacial score (nSPS) is 19.8. The number of pyridine rings is 1. The van der Waals surface area contributed by atoms with Crippen molar-refractivity contribution in [1.82, 2.24) is 9.88 Å². The number of ether oxygens (including phenoxy) is 1. The molecule has 106 valence electrons. The number of aromatic nitrogens is 1. The Bertz CT molecular complexity index is 397. The van der Waals surface area contributed by atoms with E-state index in [9.17, 15) is 0 Å². The fourth-order valence-electron chi connectivity index (χ4n) is 2.25. The van der Waals surface area contributed by atoms with Crippen LogP contribution in [0.25, 0.3) is 0 Å². The minimum atomic E-state index is 0.270. The minimum Gasteiger partial charge on any atom is -0.491 e. The Morgan fingerprint density at radius 3 is 3.05 bits per heavy atom. The van der Waals surface area contributed by atoms with Gasteiger partial charge in [-0.1, -0.05) is 0 Å². The maximum atomic E-state index is 6.02. The van der Waals surface area contributed by atoms with E-state index >= 15 is 0 Å². The summed E-state index contributed by atoms with van der Waals surface area (Å²) >= 11 is 0. The summed E-state index contributed by atoms with van der Waals surface area (Å²) in [7, 11) is 4.07. The van der Waals surface area contributed by atoms with Gasteiger partial charge in [0.2, 0.25) is 0 Å². The largest absolute Gasteiger partial charge is 0.491 e. The van der Waals surface area contributed by atoms with E-state index in [1.807, 2.05) is 20.3 Å². The number of nitrogens with two attached hydrogens (primary N) is 1. The molecule has 0 radical (unpaired) electrons. The molecule has 1 fully saturated rings. The molecule has 2 N–H and O–H groups in total. The maximum Gasteiger partial charge on any atom is 0.139 e. The Labute approximate surface area is 115 Å². The number of hydrogen-bond acceptors (Lipinski definition) is 5. The number of nitrogens with zero attached hydrogens (tertiary/aromatic N) is 3. The molecular formula is C14H24N4O. The fraction of sp³-hybridized carbons (Fsp3) is 0.643. The lowest BCUT2D eigenvalue weighted by Crippen LogP contribution is -2.42. The third kappa shape index (κ3) is 4.36. The van der Waals surface area contributed by atoms with Crippen LogP contribution in [0.1, 0.15) is 12.8 Å². The summed E-state index contributed by atoms with van der Waals surface area (Å²) in [6, 6.07) is 2.33. The number of hydrogen-bond donors (Lipinski definition) is 1. The van der Waals surface area contributed by atoms with Crippen molar-refractivity contribution in [2.45, 2.75) is 18.9 Å². The summed E-state index contributed by atoms with van der Waals surface area (Å²) in [5.41, 5.74) is 7.12. The molecule has 1 aromatic heterocycles. The number of piperidine rings is 1. The van der Waals surface area contributed by atoms with Crippen LogP contribution in [-0.2, 0) is 0 Å². The number of likely N-dealkylation sites (N-methyl/N-ethyl adjacent to an activating group) is 1. The van der Waals surface area contributed by atoms with E-state index in [0.29, 0.717) is 6.61 Å². The molecule has 5 heteroatoms. The van der Waals surface area contributed by atoms with Gasteiger partial charge in [0, 0.05) is 31.7 Å². The lowest BCUT2D eigenvalue weighted by Gasteiger charge is -2.32. The van der Waals surface area contributed by atoms with Crippen molar-refractivity contribution in [3.05, 3.63) is 18.5 Å². The van der Waals surface area contributed by atoms with E-state index in [1.165, 1.54) is 0 Å². The highest BCUT2D eigenvalue weighted by Gasteiger charge is 2.17. The zero-order valence-corrected chi connectivity index (χ0v) is 11.9. The Morgan fingerprint density at radius 2 is 2.32 bits per heavy atom. The van der Waals surface area contributed by atoms with Gasteiger partial charge in [-0.25, -0.2) is 0 Å². The van der Waals surface area contributed by atoms with Crippen LogP contribution in [0.3, 0.4) is 0 Å². The highest BCUT2D eigenvalue weighted by Crippen LogP contribution is 2.22. The molecule has 0 saturated carbocycles. The second-order valence-corrected chi connectivity index (χ2v) is 5.38. The van der Waals surface area contributed by atoms with Gasteiger partial charge in [-0.3, -0.25) is 4.98 Å². The van der Waals surface area contributed by atoms with Crippen LogP contribution in [-0.4, -0.2) is 56.3 Å². The topological polar surface area (TPSA) is 54.6 Å². The van der Waals surface area contributed by atoms with Crippen LogP contribution in [0.4, 0.5) is 5.69 Å². The van der Waals surface area contributed by atoms with Gasteiger partial charge < -0.3 is 20.3 Å². The molecule has 2 rings (SSSR count). The first-order chi connectivity index (χ1) is 9.15. The molecular weight excluding hydrogens is 240 g/mol. The van der Waals surface area contributed by atoms with Gasteiger partial charge in [0.15, 0.2) is 0 Å². The lowest BCUT2D eigenvalue weighted by atomic mass is 10.1. The van der Waals surface area contributed by atoms with Gasteiger partial charge in [0.25, 0.3) is 0 Å². The second-order valence-electron chi connectivity index (χ2n) is 5.38. The molecule has 1 aromatic rings. The Balaban J connectivity index is 1.94. The van der Waals surface area contributed by atoms with Crippen molar-refractivity contribution in [1.29, 1.82) is 0 Å². The van der Waals surface area contributed by atoms with Gasteiger partial charge >= 0.3 is 0 Å². The first kappa shape index (κ1) is 14.1. The summed E-state index contributed by atoms with van der Waals surface area (Å²) in [6.07, 6.45) is 5.91. The monoisotopic (exact) mass is 264 g/mol. The number of rotatable bonds is 5. The standard InChI is InChI=1S/C14H24N4O/c1-17(2)6-7-19-14-8-13(9-16-10-14)18-5-3-4-12(15)11-18/h8-10,12H,3-7,11,15H2,1-2H3. The average Bonchev–Trinajstić information content (AvgIpc) is 2.39. The van der Waals surface area contributed by atoms with Gasteiger partial charge in [-0.05, 0) is 26.9 Å². The molecule has 1 atom stereocenters. The molecule has 1 aliphatic heterocycles. The first-order valence-corrected chi connectivity index (χ1v) is 6.88. The van der Waals surface area contributed by atoms with Crippen molar-refractivity contribution in [3.8, 4) is 5.75 Å². The fourth-order valence-corrected chi connectivity index (χ4v) is 2.25. The molecule has 0 aliphatic carbocycles. The van der Waals surface area contributed by atoms with Crippen LogP contribution in [0, 0.1) is 0 Å². The third-order valence-electron chi connectivity index (χ3n) is 3.33. The predicted molar refractivity (Wildman–Crippen MR) is 77.7 cm³/mol. The van der Waals surface area contributed by atoms with Crippen molar-refractivity contribution < 1.29 is 4.74 Å². The Hall–Kier alpha value is -1.33. The first-order valence-electron chi connectivity index (χ1n) is 6.88. The molecule has 1 aliphatic rings. The lowest BCUT2D eigenvalue weighted by molar-refractivity contribution is 0.260. The predicted octanol–water partition coefficient (Wildman–Crippen LogP) is 0.950. The highest BCUT2D eigenvalue weighted by molar-refractivity contribution is 5.48. The van der Waals surface area contributed by atoms with Crippen LogP contribution in [0.15, 0.2) is 18.5 Å². The van der Waals surface area contributed by atoms with E-state index < -0.39 is 0 Å². The Morgan fingerprint density at radius 1 is 1.47 bits per heavy atom. The molecule has 0 amide bonds. The van der Waals surface area contributed by atoms with Crippen LogP contribution in [0.2, 0.25) is 0 Å². The van der Waals surface area contributed by atoms with Crippen LogP contribution < -0.4 is 15.4 Å². The van der Waals surface area contributed by atoms with Gasteiger partial charge in [-0.2, -0.15) is 0 Å². The van der Waals surface area contributed by atoms with E-state index in [1.54, 1.807) is 6.20 Å². The summed E-state index contributed by atoms with van der Waals surface area (Å²) < 4.78 is 5.71. The molecule has 19 heavy (non-hydrogen) atoms. The maximum absolute atomic E-state index is 6.02. The van der Waals surface area contributed by atoms with Crippen LogP contribution >= 0.6 is 0 Å². The summed E-state index contributed by atoms with van der Waals surface area (Å²) in [6.45, 7) is 3.54. The number of anilines is 1. The van der Waals surface area contributed by atoms with Crippen molar-refractivity contribution in [3.63, 3.8) is 0 Å². The third-order valence-corrected chi connectivity index (χ3v) is 3.33. The van der Waals surface area contributed by atoms with Gasteiger partial charge in [0.05, 0.1) is 18.1 Å². The van der Waals surface area contributed by atoms with Crippen molar-refractivity contribution in [2.24, 2.45) is 5.73 Å². The van der Waals surface area contributed by atoms with Gasteiger partial charge in [-0.15, -0.1) is 0 Å². The molecule has 2 heterocycles. The Kier molecular flexibility index (Phi) is 4.99. The van der Waals surface area contributed by atoms with E-state index in [0.717, 1.165) is 43.9 Å². The second kappa shape index (κ2) is 6.73. The zero-order chi connectivity index (χ0) is 13.7. The SMILES string of the molecule is CN(C)CCOc1cncc(N2CCCC(N)C2)c1. The van der Waals surface area contributed by atoms with E-state index in [2.05, 4.69) is 20.9 Å². The molecule has 0 spiro atoms. The minimum absolute atomic E-state index is 0.270. The average molecular weight is 264 g/mol. The highest BCUT2D eigenvalue weighted by atomic mass is 16.5. The van der Waals surface area contributed by atoms with E-state index in [-0.39, 0.29) is 6.04 Å². The summed E-state index contributed by atoms with van der Waals surface area (Å²) in [5, 5.41) is 0. The molecule has 0 aromatic carbocycles. The zero-order valence-electron chi connectivity index (χ0n) is 11.9. The van der Waals surface area contributed by atoms with Gasteiger partial charge in [0.1, 0.15) is 12.4 Å². The molecule has 5 nitrogen and oxygen atoms in total. The van der Waals surface area contributed by atoms with Crippen molar-refractivity contribution in [2.75, 3.05) is 45.2 Å². The quantitative estimate of drug-likeness (QED) is 0.858. The molecule has 0 bridgehead atoms. The van der Waals surface area contributed by atoms with Crippen LogP contribution in [0.5, 0.6) is 5.75 Å². The van der Waals surface area contributed by atoms with E-state index in [4.69, 9.17) is 10.5 Å². The molecule has 1 unspecified atom stereocenters. The summed E-state index contributed by atoms with van der Waals surface area (Å²) in [5.74, 6) is 0.832. The summed E-state index contributed by atoms with van der Waals surface area (Å²) in [4.78, 5) is 8.65.